The van der Waals surface area contributed by atoms with Crippen LogP contribution < -0.4 is 0 Å². The van der Waals surface area contributed by atoms with Gasteiger partial charge in [-0.25, -0.2) is 4.79 Å². The molecule has 0 aromatic heterocycles. The molecule has 0 saturated carbocycles. The van der Waals surface area contributed by atoms with Gasteiger partial charge in [-0.05, 0) is 35.8 Å². The highest BCUT2D eigenvalue weighted by Gasteiger charge is 2.16. The Morgan fingerprint density at radius 2 is 1.55 bits per heavy atom. The minimum Gasteiger partial charge on any atom is -0.466 e. The number of carbonyl (C=O) groups excluding carboxylic acids is 1. The lowest BCUT2D eigenvalue weighted by molar-refractivity contribution is -0.384. The summed E-state index contributed by atoms with van der Waals surface area (Å²) in [6.45, 7) is 1.68. The van der Waals surface area contributed by atoms with Crippen LogP contribution in [0.1, 0.15) is 18.1 Å². The lowest BCUT2D eigenvalue weighted by atomic mass is 9.93. The van der Waals surface area contributed by atoms with Crippen LogP contribution in [0, 0.1) is 10.1 Å². The molecule has 22 heavy (non-hydrogen) atoms. The zero-order valence-corrected chi connectivity index (χ0v) is 12.3. The zero-order chi connectivity index (χ0) is 16.1. The second-order valence-corrected chi connectivity index (χ2v) is 4.66. The standard InChI is InChI=1S/C17H15NO4/c1-12(17(19)22-2)16(13-6-4-3-5-7-13)14-8-10-15(11-9-14)18(20)21/h3-11H,1-2H3/b16-12-. The van der Waals surface area contributed by atoms with Crippen molar-refractivity contribution < 1.29 is 14.5 Å². The maximum atomic E-state index is 11.9. The van der Waals surface area contributed by atoms with Crippen LogP contribution in [0.4, 0.5) is 5.69 Å². The second kappa shape index (κ2) is 6.67. The molecule has 2 aromatic carbocycles. The molecule has 0 aliphatic rings. The van der Waals surface area contributed by atoms with Gasteiger partial charge in [-0.3, -0.25) is 10.1 Å². The molecule has 0 amide bonds. The van der Waals surface area contributed by atoms with E-state index in [0.29, 0.717) is 11.1 Å². The first-order valence-corrected chi connectivity index (χ1v) is 6.64. The quantitative estimate of drug-likeness (QED) is 0.374. The SMILES string of the molecule is COC(=O)/C(C)=C(/c1ccccc1)c1ccc([N+](=O)[O-])cc1. The van der Waals surface area contributed by atoms with Crippen molar-refractivity contribution in [2.75, 3.05) is 7.11 Å². The van der Waals surface area contributed by atoms with Gasteiger partial charge in [0.25, 0.3) is 5.69 Å². The van der Waals surface area contributed by atoms with Gasteiger partial charge in [0.15, 0.2) is 0 Å². The molecule has 5 heteroatoms. The minimum absolute atomic E-state index is 0.00637. The number of non-ortho nitro benzene ring substituents is 1. The molecule has 0 spiro atoms. The smallest absolute Gasteiger partial charge is 0.334 e. The third-order valence-electron chi connectivity index (χ3n) is 3.30. The third kappa shape index (κ3) is 3.20. The maximum Gasteiger partial charge on any atom is 0.334 e. The van der Waals surface area contributed by atoms with Crippen molar-refractivity contribution in [2.24, 2.45) is 0 Å². The van der Waals surface area contributed by atoms with Gasteiger partial charge in [-0.15, -0.1) is 0 Å². The van der Waals surface area contributed by atoms with Crippen LogP contribution in [0.2, 0.25) is 0 Å². The summed E-state index contributed by atoms with van der Waals surface area (Å²) >= 11 is 0. The first-order chi connectivity index (χ1) is 10.5. The summed E-state index contributed by atoms with van der Waals surface area (Å²) in [5, 5.41) is 10.8. The normalized spacial score (nSPS) is 11.5. The number of nitro groups is 1. The summed E-state index contributed by atoms with van der Waals surface area (Å²) in [7, 11) is 1.32. The predicted octanol–water partition coefficient (Wildman–Crippen LogP) is 3.59. The van der Waals surface area contributed by atoms with Gasteiger partial charge >= 0.3 is 5.97 Å². The first kappa shape index (κ1) is 15.4. The molecule has 0 unspecified atom stereocenters. The summed E-state index contributed by atoms with van der Waals surface area (Å²) < 4.78 is 4.79. The van der Waals surface area contributed by atoms with Crippen LogP contribution in [-0.4, -0.2) is 18.0 Å². The third-order valence-corrected chi connectivity index (χ3v) is 3.30. The Balaban J connectivity index is 2.59. The highest BCUT2D eigenvalue weighted by Crippen LogP contribution is 2.28. The van der Waals surface area contributed by atoms with E-state index in [4.69, 9.17) is 4.74 Å². The lowest BCUT2D eigenvalue weighted by Gasteiger charge is -2.12. The summed E-state index contributed by atoms with van der Waals surface area (Å²) in [6.07, 6.45) is 0. The summed E-state index contributed by atoms with van der Waals surface area (Å²) in [5.41, 5.74) is 2.72. The fraction of sp³-hybridized carbons (Fsp3) is 0.118. The lowest BCUT2D eigenvalue weighted by Crippen LogP contribution is -2.05. The predicted molar refractivity (Wildman–Crippen MR) is 83.3 cm³/mol. The van der Waals surface area contributed by atoms with E-state index < -0.39 is 10.9 Å². The number of nitro benzene ring substituents is 1. The molecule has 0 aliphatic carbocycles. The van der Waals surface area contributed by atoms with E-state index in [1.807, 2.05) is 30.3 Å². The van der Waals surface area contributed by atoms with Gasteiger partial charge < -0.3 is 4.74 Å². The van der Waals surface area contributed by atoms with E-state index in [2.05, 4.69) is 0 Å². The minimum atomic E-state index is -0.456. The van der Waals surface area contributed by atoms with Crippen molar-refractivity contribution in [1.29, 1.82) is 0 Å². The van der Waals surface area contributed by atoms with E-state index in [0.717, 1.165) is 11.1 Å². The number of hydrogen-bond acceptors (Lipinski definition) is 4. The summed E-state index contributed by atoms with van der Waals surface area (Å²) in [4.78, 5) is 22.2. The van der Waals surface area contributed by atoms with Crippen LogP contribution in [0.15, 0.2) is 60.2 Å². The number of benzene rings is 2. The second-order valence-electron chi connectivity index (χ2n) is 4.66. The van der Waals surface area contributed by atoms with Gasteiger partial charge in [-0.1, -0.05) is 30.3 Å². The zero-order valence-electron chi connectivity index (χ0n) is 12.3. The van der Waals surface area contributed by atoms with Gasteiger partial charge in [-0.2, -0.15) is 0 Å². The van der Waals surface area contributed by atoms with E-state index in [-0.39, 0.29) is 5.69 Å². The van der Waals surface area contributed by atoms with Crippen LogP contribution in [0.5, 0.6) is 0 Å². The van der Waals surface area contributed by atoms with Gasteiger partial charge in [0.1, 0.15) is 0 Å². The first-order valence-electron chi connectivity index (χ1n) is 6.64. The molecule has 0 atom stereocenters. The fourth-order valence-corrected chi connectivity index (χ4v) is 2.21. The molecule has 0 bridgehead atoms. The number of methoxy groups -OCH3 is 1. The number of nitrogens with zero attached hydrogens (tertiary/aromatic N) is 1. The molecule has 0 saturated heterocycles. The molecule has 0 fully saturated rings. The largest absolute Gasteiger partial charge is 0.466 e. The molecule has 0 N–H and O–H groups in total. The van der Waals surface area contributed by atoms with E-state index >= 15 is 0 Å². The van der Waals surface area contributed by atoms with Gasteiger partial charge in [0.2, 0.25) is 0 Å². The molecule has 0 radical (unpaired) electrons. The van der Waals surface area contributed by atoms with Crippen LogP contribution in [0.25, 0.3) is 5.57 Å². The summed E-state index contributed by atoms with van der Waals surface area (Å²) in [5.74, 6) is -0.433. The number of esters is 1. The number of hydrogen-bond donors (Lipinski definition) is 0. The van der Waals surface area contributed by atoms with Crippen molar-refractivity contribution in [3.63, 3.8) is 0 Å². The molecular weight excluding hydrogens is 282 g/mol. The fourth-order valence-electron chi connectivity index (χ4n) is 2.21. The number of rotatable bonds is 4. The van der Waals surface area contributed by atoms with Gasteiger partial charge in [0.05, 0.1) is 12.0 Å². The number of carbonyl (C=O) groups is 1. The molecule has 112 valence electrons. The Morgan fingerprint density at radius 3 is 2.05 bits per heavy atom. The molecule has 2 rings (SSSR count). The highest BCUT2D eigenvalue weighted by molar-refractivity contribution is 6.01. The Bertz CT molecular complexity index is 718. The number of ether oxygens (including phenoxy) is 1. The van der Waals surface area contributed by atoms with Gasteiger partial charge in [0, 0.05) is 17.7 Å². The van der Waals surface area contributed by atoms with Crippen molar-refractivity contribution in [3.8, 4) is 0 Å². The topological polar surface area (TPSA) is 69.4 Å². The average molecular weight is 297 g/mol. The van der Waals surface area contributed by atoms with Crippen molar-refractivity contribution in [2.45, 2.75) is 6.92 Å². The molecule has 0 heterocycles. The maximum absolute atomic E-state index is 11.9. The Morgan fingerprint density at radius 1 is 1.00 bits per heavy atom. The molecule has 2 aromatic rings. The van der Waals surface area contributed by atoms with Crippen LogP contribution >= 0.6 is 0 Å². The van der Waals surface area contributed by atoms with E-state index in [1.54, 1.807) is 19.1 Å². The Hall–Kier alpha value is -2.95. The van der Waals surface area contributed by atoms with E-state index in [9.17, 15) is 14.9 Å². The summed E-state index contributed by atoms with van der Waals surface area (Å²) in [6, 6.07) is 15.5. The average Bonchev–Trinajstić information content (AvgIpc) is 2.55. The van der Waals surface area contributed by atoms with Crippen molar-refractivity contribution >= 4 is 17.2 Å². The Kier molecular flexibility index (Phi) is 4.68. The molecule has 5 nitrogen and oxygen atoms in total. The Labute approximate surface area is 128 Å². The van der Waals surface area contributed by atoms with Crippen molar-refractivity contribution in [3.05, 3.63) is 81.4 Å². The highest BCUT2D eigenvalue weighted by atomic mass is 16.6. The van der Waals surface area contributed by atoms with E-state index in [1.165, 1.54) is 19.2 Å². The monoisotopic (exact) mass is 297 g/mol. The van der Waals surface area contributed by atoms with Crippen molar-refractivity contribution in [1.82, 2.24) is 0 Å². The molecule has 0 aliphatic heterocycles. The van der Waals surface area contributed by atoms with Crippen LogP contribution in [-0.2, 0) is 9.53 Å². The van der Waals surface area contributed by atoms with Crippen LogP contribution in [0.3, 0.4) is 0 Å². The molecular formula is C17H15NO4.